The maximum atomic E-state index is 11.9. The van der Waals surface area contributed by atoms with E-state index in [1.807, 2.05) is 6.07 Å². The number of sulfonamides is 1. The first kappa shape index (κ1) is 23.4. The van der Waals surface area contributed by atoms with Gasteiger partial charge < -0.3 is 15.4 Å². The number of aromatic nitrogens is 3. The number of nitrogens with two attached hydrogens (primary N) is 1. The van der Waals surface area contributed by atoms with E-state index in [-0.39, 0.29) is 6.04 Å². The Bertz CT molecular complexity index is 1270. The van der Waals surface area contributed by atoms with Crippen molar-refractivity contribution in [2.75, 3.05) is 62.8 Å². The summed E-state index contributed by atoms with van der Waals surface area (Å²) in [4.78, 5) is 19.8. The number of nitrogens with zero attached hydrogens (tertiary/aromatic N) is 6. The van der Waals surface area contributed by atoms with Crippen molar-refractivity contribution in [3.05, 3.63) is 29.3 Å². The van der Waals surface area contributed by atoms with Gasteiger partial charge in [0.1, 0.15) is 5.82 Å². The molecule has 2 aliphatic heterocycles. The van der Waals surface area contributed by atoms with Crippen LogP contribution in [0.4, 0.5) is 11.6 Å². The van der Waals surface area contributed by atoms with Crippen molar-refractivity contribution in [1.29, 1.82) is 0 Å². The summed E-state index contributed by atoms with van der Waals surface area (Å²) in [5.41, 5.74) is 7.50. The van der Waals surface area contributed by atoms with Crippen LogP contribution in [0.25, 0.3) is 21.6 Å². The number of rotatable bonds is 5. The third kappa shape index (κ3) is 4.86. The average Bonchev–Trinajstić information content (AvgIpc) is 3.22. The zero-order chi connectivity index (χ0) is 23.9. The van der Waals surface area contributed by atoms with Crippen molar-refractivity contribution >= 4 is 43.2 Å². The van der Waals surface area contributed by atoms with Crippen molar-refractivity contribution in [2.45, 2.75) is 19.5 Å². The summed E-state index contributed by atoms with van der Waals surface area (Å²) >= 11 is 1.71. The van der Waals surface area contributed by atoms with E-state index in [2.05, 4.69) is 27.8 Å². The smallest absolute Gasteiger partial charge is 0.211 e. The molecule has 34 heavy (non-hydrogen) atoms. The van der Waals surface area contributed by atoms with E-state index < -0.39 is 10.0 Å². The quantitative estimate of drug-likeness (QED) is 0.554. The number of thiophene rings is 1. The number of piperazine rings is 1. The van der Waals surface area contributed by atoms with Gasteiger partial charge in [0.25, 0.3) is 0 Å². The number of ether oxygens (including phenoxy) is 1. The van der Waals surface area contributed by atoms with Gasteiger partial charge in [-0.1, -0.05) is 0 Å². The van der Waals surface area contributed by atoms with Gasteiger partial charge in [-0.15, -0.1) is 11.3 Å². The van der Waals surface area contributed by atoms with E-state index in [1.54, 1.807) is 27.9 Å². The summed E-state index contributed by atoms with van der Waals surface area (Å²) in [5, 5.41) is 0. The fourth-order valence-corrected chi connectivity index (χ4v) is 6.43. The standard InChI is InChI=1S/C22H29N7O3S2/c1-15-13-29(34(2,30)31)6-5-28(15)14-17-11-18-20(33-17)22(27-7-9-32-10-8-27)26-21(25-18)16-3-4-19(23)24-12-16/h3-4,11-12,15H,5-10,13-14H2,1-2H3,(H2,23,24)/t15-/m0/s1. The molecule has 3 aromatic rings. The molecule has 0 unspecified atom stereocenters. The topological polar surface area (TPSA) is 118 Å². The highest BCUT2D eigenvalue weighted by Gasteiger charge is 2.29. The summed E-state index contributed by atoms with van der Waals surface area (Å²) < 4.78 is 32.1. The molecule has 0 spiro atoms. The Labute approximate surface area is 203 Å². The Morgan fingerprint density at radius 2 is 1.97 bits per heavy atom. The van der Waals surface area contributed by atoms with Crippen LogP contribution >= 0.6 is 11.3 Å². The Morgan fingerprint density at radius 1 is 1.18 bits per heavy atom. The Morgan fingerprint density at radius 3 is 2.65 bits per heavy atom. The van der Waals surface area contributed by atoms with Crippen molar-refractivity contribution in [3.8, 4) is 11.4 Å². The number of fused-ring (bicyclic) bond motifs is 1. The van der Waals surface area contributed by atoms with E-state index in [9.17, 15) is 8.42 Å². The largest absolute Gasteiger partial charge is 0.384 e. The van der Waals surface area contributed by atoms with E-state index >= 15 is 0 Å². The minimum absolute atomic E-state index is 0.134. The predicted molar refractivity (Wildman–Crippen MR) is 134 cm³/mol. The third-order valence-electron chi connectivity index (χ3n) is 6.32. The van der Waals surface area contributed by atoms with Crippen LogP contribution in [0.15, 0.2) is 24.4 Å². The lowest BCUT2D eigenvalue weighted by atomic mass is 10.2. The van der Waals surface area contributed by atoms with Crippen LogP contribution in [0.1, 0.15) is 11.8 Å². The second-order valence-electron chi connectivity index (χ2n) is 8.81. The zero-order valence-electron chi connectivity index (χ0n) is 19.3. The van der Waals surface area contributed by atoms with E-state index in [1.165, 1.54) is 11.1 Å². The fraction of sp³-hybridized carbons (Fsp3) is 0.500. The summed E-state index contributed by atoms with van der Waals surface area (Å²) in [6.07, 6.45) is 2.98. The summed E-state index contributed by atoms with van der Waals surface area (Å²) in [5.74, 6) is 2.01. The minimum Gasteiger partial charge on any atom is -0.384 e. The van der Waals surface area contributed by atoms with Crippen LogP contribution in [0, 0.1) is 0 Å². The van der Waals surface area contributed by atoms with E-state index in [0.717, 1.165) is 41.2 Å². The lowest BCUT2D eigenvalue weighted by molar-refractivity contribution is 0.122. The lowest BCUT2D eigenvalue weighted by Crippen LogP contribution is -2.52. The van der Waals surface area contributed by atoms with Crippen molar-refractivity contribution in [2.24, 2.45) is 0 Å². The van der Waals surface area contributed by atoms with Gasteiger partial charge in [-0.3, -0.25) is 4.90 Å². The zero-order valence-corrected chi connectivity index (χ0v) is 21.0. The van der Waals surface area contributed by atoms with Gasteiger partial charge in [-0.2, -0.15) is 4.31 Å². The molecule has 5 heterocycles. The Balaban J connectivity index is 1.47. The predicted octanol–water partition coefficient (Wildman–Crippen LogP) is 1.64. The molecular weight excluding hydrogens is 474 g/mol. The van der Waals surface area contributed by atoms with Crippen LogP contribution in [0.3, 0.4) is 0 Å². The van der Waals surface area contributed by atoms with Gasteiger partial charge in [0.2, 0.25) is 10.0 Å². The number of hydrogen-bond acceptors (Lipinski definition) is 10. The maximum absolute atomic E-state index is 11.9. The summed E-state index contributed by atoms with van der Waals surface area (Å²) in [6, 6.07) is 5.92. The molecule has 12 heteroatoms. The Hall–Kier alpha value is -2.38. The molecule has 10 nitrogen and oxygen atoms in total. The molecule has 0 aliphatic carbocycles. The molecule has 3 aromatic heterocycles. The van der Waals surface area contributed by atoms with Crippen LogP contribution in [-0.4, -0.2) is 90.8 Å². The molecule has 0 bridgehead atoms. The molecule has 182 valence electrons. The molecule has 0 radical (unpaired) electrons. The fourth-order valence-electron chi connectivity index (χ4n) is 4.40. The SMILES string of the molecule is C[C@H]1CN(S(C)(=O)=O)CCN1Cc1cc2nc(-c3ccc(N)nc3)nc(N3CCOCC3)c2s1. The second-order valence-corrected chi connectivity index (χ2v) is 11.9. The lowest BCUT2D eigenvalue weighted by Gasteiger charge is -2.38. The van der Waals surface area contributed by atoms with Gasteiger partial charge in [-0.25, -0.2) is 23.4 Å². The average molecular weight is 504 g/mol. The molecule has 2 N–H and O–H groups in total. The molecule has 2 fully saturated rings. The van der Waals surface area contributed by atoms with Gasteiger partial charge in [0, 0.05) is 61.9 Å². The van der Waals surface area contributed by atoms with Crippen molar-refractivity contribution in [1.82, 2.24) is 24.2 Å². The molecule has 0 aromatic carbocycles. The molecule has 2 saturated heterocycles. The highest BCUT2D eigenvalue weighted by atomic mass is 32.2. The first-order valence-corrected chi connectivity index (χ1v) is 14.0. The molecule has 0 saturated carbocycles. The molecule has 1 atom stereocenters. The number of morpholine rings is 1. The van der Waals surface area contributed by atoms with Crippen molar-refractivity contribution in [3.63, 3.8) is 0 Å². The summed E-state index contributed by atoms with van der Waals surface area (Å²) in [7, 11) is -3.17. The molecular formula is C22H29N7O3S2. The molecule has 0 amide bonds. The van der Waals surface area contributed by atoms with Gasteiger partial charge in [-0.05, 0) is 25.1 Å². The molecule has 5 rings (SSSR count). The summed E-state index contributed by atoms with van der Waals surface area (Å²) in [6.45, 7) is 7.46. The van der Waals surface area contributed by atoms with E-state index in [0.29, 0.717) is 44.5 Å². The van der Waals surface area contributed by atoms with Crippen LogP contribution in [0.5, 0.6) is 0 Å². The highest BCUT2D eigenvalue weighted by Crippen LogP contribution is 2.35. The number of pyridine rings is 1. The Kier molecular flexibility index (Phi) is 6.42. The number of nitrogen functional groups attached to an aromatic ring is 1. The second kappa shape index (κ2) is 9.34. The van der Waals surface area contributed by atoms with Crippen LogP contribution in [-0.2, 0) is 21.3 Å². The van der Waals surface area contributed by atoms with Gasteiger partial charge >= 0.3 is 0 Å². The monoisotopic (exact) mass is 503 g/mol. The van der Waals surface area contributed by atoms with Crippen LogP contribution in [0.2, 0.25) is 0 Å². The first-order chi connectivity index (χ1) is 16.3. The van der Waals surface area contributed by atoms with E-state index in [4.69, 9.17) is 20.4 Å². The minimum atomic E-state index is -3.17. The number of anilines is 2. The third-order valence-corrected chi connectivity index (χ3v) is 8.69. The molecule has 2 aliphatic rings. The van der Waals surface area contributed by atoms with Gasteiger partial charge in [0.05, 0.1) is 29.7 Å². The van der Waals surface area contributed by atoms with Crippen molar-refractivity contribution < 1.29 is 13.2 Å². The highest BCUT2D eigenvalue weighted by molar-refractivity contribution is 7.88. The maximum Gasteiger partial charge on any atom is 0.211 e. The normalized spacial score (nSPS) is 20.8. The first-order valence-electron chi connectivity index (χ1n) is 11.3. The van der Waals surface area contributed by atoms with Crippen LogP contribution < -0.4 is 10.6 Å². The number of hydrogen-bond donors (Lipinski definition) is 1. The van der Waals surface area contributed by atoms with Gasteiger partial charge in [0.15, 0.2) is 11.6 Å².